The molecule has 6 nitrogen and oxygen atoms in total. The first kappa shape index (κ1) is 72.0. The normalized spacial score (nSPS) is 13.2. The molecule has 0 rings (SSSR count). The SMILES string of the molecule is CC/C=C\C/C=C\C/C=C\C/C=C\C/C=C\C/C=C\C/C=C\CCCC(=O)OCC(COC(=O)CC/C=C\C/C=C\C/C=C\C/C=C\CC)OC(=O)CCCCCCCCCCCCC/C=C\C/C=C\CCCCCCC. The van der Waals surface area contributed by atoms with Crippen molar-refractivity contribution in [1.82, 2.24) is 0 Å². The summed E-state index contributed by atoms with van der Waals surface area (Å²) < 4.78 is 16.8. The molecule has 0 saturated heterocycles. The molecule has 0 aromatic heterocycles. The third-order valence-corrected chi connectivity index (χ3v) is 12.5. The molecule has 0 amide bonds. The molecular weight excluding hydrogens is 949 g/mol. The second-order valence-corrected chi connectivity index (χ2v) is 19.8. The van der Waals surface area contributed by atoms with Gasteiger partial charge in [0.15, 0.2) is 6.10 Å². The average Bonchev–Trinajstić information content (AvgIpc) is 3.43. The second kappa shape index (κ2) is 63.6. The van der Waals surface area contributed by atoms with Crippen molar-refractivity contribution in [2.45, 2.75) is 258 Å². The Balaban J connectivity index is 4.51. The van der Waals surface area contributed by atoms with Crippen LogP contribution in [0.25, 0.3) is 0 Å². The first-order valence-corrected chi connectivity index (χ1v) is 31.0. The average molecular weight is 1060 g/mol. The zero-order valence-electron chi connectivity index (χ0n) is 49.4. The summed E-state index contributed by atoms with van der Waals surface area (Å²) in [6.07, 6.45) is 92.7. The molecule has 0 aromatic rings. The van der Waals surface area contributed by atoms with E-state index in [-0.39, 0.29) is 44.0 Å². The summed E-state index contributed by atoms with van der Waals surface area (Å²) in [6, 6.07) is 0. The number of allylic oxidation sites excluding steroid dienone is 26. The summed E-state index contributed by atoms with van der Waals surface area (Å²) in [5.41, 5.74) is 0. The maximum absolute atomic E-state index is 12.9. The Hall–Kier alpha value is -4.97. The Morgan fingerprint density at radius 1 is 0.273 bits per heavy atom. The molecule has 0 aromatic carbocycles. The fraction of sp³-hybridized carbons (Fsp3) is 0.592. The Bertz CT molecular complexity index is 1740. The summed E-state index contributed by atoms with van der Waals surface area (Å²) in [7, 11) is 0. The van der Waals surface area contributed by atoms with Crippen LogP contribution in [-0.4, -0.2) is 37.2 Å². The summed E-state index contributed by atoms with van der Waals surface area (Å²) >= 11 is 0. The Labute approximate surface area is 473 Å². The Morgan fingerprint density at radius 3 is 0.909 bits per heavy atom. The molecule has 0 N–H and O–H groups in total. The lowest BCUT2D eigenvalue weighted by molar-refractivity contribution is -0.166. The Morgan fingerprint density at radius 2 is 0.545 bits per heavy atom. The van der Waals surface area contributed by atoms with Crippen LogP contribution in [0.5, 0.6) is 0 Å². The fourth-order valence-electron chi connectivity index (χ4n) is 7.95. The molecule has 0 heterocycles. The minimum Gasteiger partial charge on any atom is -0.462 e. The van der Waals surface area contributed by atoms with E-state index in [4.69, 9.17) is 14.2 Å². The minimum atomic E-state index is -0.840. The quantitative estimate of drug-likeness (QED) is 0.0261. The van der Waals surface area contributed by atoms with E-state index in [2.05, 4.69) is 167 Å². The van der Waals surface area contributed by atoms with Gasteiger partial charge in [0.25, 0.3) is 0 Å². The van der Waals surface area contributed by atoms with Crippen molar-refractivity contribution in [2.24, 2.45) is 0 Å². The van der Waals surface area contributed by atoms with Gasteiger partial charge in [0.1, 0.15) is 13.2 Å². The van der Waals surface area contributed by atoms with Crippen LogP contribution in [0, 0.1) is 0 Å². The van der Waals surface area contributed by atoms with Gasteiger partial charge in [0, 0.05) is 19.3 Å². The molecular formula is C71H112O6. The van der Waals surface area contributed by atoms with Crippen LogP contribution < -0.4 is 0 Å². The van der Waals surface area contributed by atoms with Gasteiger partial charge >= 0.3 is 17.9 Å². The monoisotopic (exact) mass is 1060 g/mol. The van der Waals surface area contributed by atoms with E-state index >= 15 is 0 Å². The van der Waals surface area contributed by atoms with E-state index in [1.54, 1.807) is 0 Å². The van der Waals surface area contributed by atoms with Gasteiger partial charge in [-0.05, 0) is 128 Å². The van der Waals surface area contributed by atoms with Gasteiger partial charge in [-0.1, -0.05) is 262 Å². The van der Waals surface area contributed by atoms with E-state index in [0.29, 0.717) is 19.3 Å². The number of carbonyl (C=O) groups is 3. The van der Waals surface area contributed by atoms with Crippen molar-refractivity contribution >= 4 is 17.9 Å². The second-order valence-electron chi connectivity index (χ2n) is 19.8. The van der Waals surface area contributed by atoms with Gasteiger partial charge in [-0.3, -0.25) is 14.4 Å². The minimum absolute atomic E-state index is 0.137. The molecule has 0 spiro atoms. The topological polar surface area (TPSA) is 78.9 Å². The van der Waals surface area contributed by atoms with E-state index in [1.807, 2.05) is 12.2 Å². The molecule has 0 saturated carbocycles. The van der Waals surface area contributed by atoms with Gasteiger partial charge in [-0.15, -0.1) is 0 Å². The number of unbranched alkanes of at least 4 members (excludes halogenated alkanes) is 17. The van der Waals surface area contributed by atoms with Crippen molar-refractivity contribution in [2.75, 3.05) is 13.2 Å². The molecule has 77 heavy (non-hydrogen) atoms. The van der Waals surface area contributed by atoms with Crippen molar-refractivity contribution in [1.29, 1.82) is 0 Å². The van der Waals surface area contributed by atoms with Crippen molar-refractivity contribution < 1.29 is 28.6 Å². The van der Waals surface area contributed by atoms with Crippen LogP contribution in [0.15, 0.2) is 158 Å². The molecule has 432 valence electrons. The lowest BCUT2D eigenvalue weighted by atomic mass is 10.0. The highest BCUT2D eigenvalue weighted by Gasteiger charge is 2.19. The van der Waals surface area contributed by atoms with Gasteiger partial charge < -0.3 is 14.2 Å². The van der Waals surface area contributed by atoms with Gasteiger partial charge in [-0.2, -0.15) is 0 Å². The summed E-state index contributed by atoms with van der Waals surface area (Å²) in [5.74, 6) is -1.08. The maximum Gasteiger partial charge on any atom is 0.306 e. The number of carbonyl (C=O) groups excluding carboxylic acids is 3. The zero-order valence-corrected chi connectivity index (χ0v) is 49.4. The molecule has 0 aliphatic carbocycles. The first-order chi connectivity index (χ1) is 38.0. The van der Waals surface area contributed by atoms with Crippen molar-refractivity contribution in [3.8, 4) is 0 Å². The van der Waals surface area contributed by atoms with E-state index in [9.17, 15) is 14.4 Å². The van der Waals surface area contributed by atoms with Gasteiger partial charge in [-0.25, -0.2) is 0 Å². The highest BCUT2D eigenvalue weighted by Crippen LogP contribution is 2.14. The predicted molar refractivity (Wildman–Crippen MR) is 334 cm³/mol. The number of rotatable bonds is 54. The standard InChI is InChI=1S/C71H112O6/c1-4-7-10-13-16-19-22-25-27-29-31-33-35-37-39-41-43-46-49-52-55-58-61-64-70(73)76-67-68(66-75-69(72)63-60-57-54-51-48-45-24-21-18-15-12-9-6-3)77-71(74)65-62-59-56-53-50-47-44-42-40-38-36-34-32-30-28-26-23-20-17-14-11-8-5-2/h7,9-10,12,16,18-19,21,23,25-27,30-33,37,39,43,45-46,48,52,54-55,57,68H,4-6,8,11,13-15,17,20,22,24,28-29,34-36,38,40-42,44,47,49-51,53,56,58-67H2,1-3H3/b10-7-,12-9-,19-16-,21-18-,26-23-,27-25-,32-30-,33-31-,39-37-,46-43-,48-45-,55-52-,57-54-. The molecule has 1 atom stereocenters. The van der Waals surface area contributed by atoms with Crippen LogP contribution in [-0.2, 0) is 28.6 Å². The predicted octanol–water partition coefficient (Wildman–Crippen LogP) is 21.3. The van der Waals surface area contributed by atoms with E-state index in [0.717, 1.165) is 103 Å². The lowest BCUT2D eigenvalue weighted by Gasteiger charge is -2.18. The fourth-order valence-corrected chi connectivity index (χ4v) is 7.95. The van der Waals surface area contributed by atoms with Crippen LogP contribution in [0.2, 0.25) is 0 Å². The first-order valence-electron chi connectivity index (χ1n) is 31.0. The zero-order chi connectivity index (χ0) is 55.7. The molecule has 1 unspecified atom stereocenters. The summed E-state index contributed by atoms with van der Waals surface area (Å²) in [6.45, 7) is 6.28. The summed E-state index contributed by atoms with van der Waals surface area (Å²) in [5, 5.41) is 0. The molecule has 0 aliphatic rings. The highest BCUT2D eigenvalue weighted by atomic mass is 16.6. The van der Waals surface area contributed by atoms with Crippen molar-refractivity contribution in [3.63, 3.8) is 0 Å². The van der Waals surface area contributed by atoms with Crippen LogP contribution in [0.1, 0.15) is 252 Å². The molecule has 0 aliphatic heterocycles. The third-order valence-electron chi connectivity index (χ3n) is 12.5. The molecule has 0 radical (unpaired) electrons. The lowest BCUT2D eigenvalue weighted by Crippen LogP contribution is -2.30. The summed E-state index contributed by atoms with van der Waals surface area (Å²) in [4.78, 5) is 38.2. The van der Waals surface area contributed by atoms with Crippen LogP contribution >= 0.6 is 0 Å². The smallest absolute Gasteiger partial charge is 0.306 e. The highest BCUT2D eigenvalue weighted by molar-refractivity contribution is 5.71. The van der Waals surface area contributed by atoms with Crippen molar-refractivity contribution in [3.05, 3.63) is 158 Å². The van der Waals surface area contributed by atoms with Gasteiger partial charge in [0.05, 0.1) is 0 Å². The molecule has 6 heteroatoms. The van der Waals surface area contributed by atoms with Gasteiger partial charge in [0.2, 0.25) is 0 Å². The van der Waals surface area contributed by atoms with Crippen LogP contribution in [0.4, 0.5) is 0 Å². The molecule has 0 bridgehead atoms. The van der Waals surface area contributed by atoms with Crippen LogP contribution in [0.3, 0.4) is 0 Å². The number of esters is 3. The number of hydrogen-bond acceptors (Lipinski definition) is 6. The number of hydrogen-bond donors (Lipinski definition) is 0. The maximum atomic E-state index is 12.9. The van der Waals surface area contributed by atoms with E-state index < -0.39 is 6.10 Å². The Kier molecular flexibility index (Phi) is 59.5. The third kappa shape index (κ3) is 61.8. The largest absolute Gasteiger partial charge is 0.462 e. The van der Waals surface area contributed by atoms with E-state index in [1.165, 1.54) is 96.3 Å². The molecule has 0 fully saturated rings. The number of ether oxygens (including phenoxy) is 3.